The second-order valence-electron chi connectivity index (χ2n) is 5.89. The maximum atomic E-state index is 12.5. The molecule has 1 atom stereocenters. The topological polar surface area (TPSA) is 72.9 Å². The SMILES string of the molecule is Cc1nn(C)c2sc(C(=O)NC(C)(CN)C3CC3)cc12. The standard InChI is InChI=1S/C14H20N4OS/c1-8-10-6-11(20-13(10)18(3)17-8)12(19)16-14(2,7-15)9-4-5-9/h6,9H,4-5,7,15H2,1-3H3,(H,16,19). The van der Waals surface area contributed by atoms with Gasteiger partial charge in [0.25, 0.3) is 5.91 Å². The molecule has 0 saturated heterocycles. The van der Waals surface area contributed by atoms with E-state index in [0.717, 1.165) is 33.6 Å². The smallest absolute Gasteiger partial charge is 0.261 e. The first-order valence-corrected chi connectivity index (χ1v) is 7.72. The van der Waals surface area contributed by atoms with Crippen LogP contribution in [0.15, 0.2) is 6.07 Å². The average molecular weight is 292 g/mol. The summed E-state index contributed by atoms with van der Waals surface area (Å²) >= 11 is 1.48. The first kappa shape index (κ1) is 13.6. The zero-order valence-electron chi connectivity index (χ0n) is 12.1. The van der Waals surface area contributed by atoms with Crippen LogP contribution >= 0.6 is 11.3 Å². The summed E-state index contributed by atoms with van der Waals surface area (Å²) in [7, 11) is 1.90. The Hall–Kier alpha value is -1.40. The molecule has 0 radical (unpaired) electrons. The number of rotatable bonds is 4. The monoisotopic (exact) mass is 292 g/mol. The fraction of sp³-hybridized carbons (Fsp3) is 0.571. The minimum absolute atomic E-state index is 0.0227. The molecule has 6 heteroatoms. The summed E-state index contributed by atoms with van der Waals surface area (Å²) in [5.41, 5.74) is 6.53. The van der Waals surface area contributed by atoms with Crippen molar-refractivity contribution in [1.82, 2.24) is 15.1 Å². The van der Waals surface area contributed by atoms with E-state index in [0.29, 0.717) is 12.5 Å². The van der Waals surface area contributed by atoms with Gasteiger partial charge in [-0.1, -0.05) is 0 Å². The molecular weight excluding hydrogens is 272 g/mol. The number of nitrogens with two attached hydrogens (primary N) is 1. The van der Waals surface area contributed by atoms with Crippen LogP contribution in [0.1, 0.15) is 35.1 Å². The first-order valence-electron chi connectivity index (χ1n) is 6.90. The second-order valence-corrected chi connectivity index (χ2v) is 6.92. The van der Waals surface area contributed by atoms with Crippen LogP contribution in [0.5, 0.6) is 0 Å². The molecule has 1 aliphatic rings. The first-order chi connectivity index (χ1) is 9.44. The van der Waals surface area contributed by atoms with Crippen LogP contribution < -0.4 is 11.1 Å². The van der Waals surface area contributed by atoms with E-state index in [-0.39, 0.29) is 11.4 Å². The van der Waals surface area contributed by atoms with Gasteiger partial charge in [-0.2, -0.15) is 5.10 Å². The van der Waals surface area contributed by atoms with E-state index in [1.807, 2.05) is 31.6 Å². The average Bonchev–Trinajstić information content (AvgIpc) is 3.11. The Bertz CT molecular complexity index is 636. The van der Waals surface area contributed by atoms with Gasteiger partial charge < -0.3 is 11.1 Å². The third-order valence-corrected chi connectivity index (χ3v) is 5.42. The fourth-order valence-corrected chi connectivity index (χ4v) is 3.70. The van der Waals surface area contributed by atoms with Crippen molar-refractivity contribution in [2.45, 2.75) is 32.2 Å². The molecule has 5 nitrogen and oxygen atoms in total. The number of carbonyl (C=O) groups is 1. The third kappa shape index (κ3) is 2.13. The van der Waals surface area contributed by atoms with Gasteiger partial charge in [0.05, 0.1) is 16.1 Å². The lowest BCUT2D eigenvalue weighted by atomic mass is 9.96. The Labute approximate surface area is 122 Å². The van der Waals surface area contributed by atoms with Crippen molar-refractivity contribution in [3.63, 3.8) is 0 Å². The number of amides is 1. The minimum Gasteiger partial charge on any atom is -0.345 e. The molecular formula is C14H20N4OS. The van der Waals surface area contributed by atoms with Crippen molar-refractivity contribution in [3.8, 4) is 0 Å². The van der Waals surface area contributed by atoms with Crippen LogP contribution in [0.25, 0.3) is 10.2 Å². The Kier molecular flexibility index (Phi) is 3.10. The van der Waals surface area contributed by atoms with Crippen molar-refractivity contribution < 1.29 is 4.79 Å². The maximum absolute atomic E-state index is 12.5. The third-order valence-electron chi connectivity index (χ3n) is 4.22. The molecule has 1 aliphatic carbocycles. The Balaban J connectivity index is 1.87. The second kappa shape index (κ2) is 4.56. The predicted octanol–water partition coefficient (Wildman–Crippen LogP) is 1.80. The van der Waals surface area contributed by atoms with Gasteiger partial charge in [-0.15, -0.1) is 11.3 Å². The summed E-state index contributed by atoms with van der Waals surface area (Å²) in [6.07, 6.45) is 2.31. The lowest BCUT2D eigenvalue weighted by Crippen LogP contribution is -2.53. The van der Waals surface area contributed by atoms with Crippen LogP contribution in [-0.2, 0) is 7.05 Å². The van der Waals surface area contributed by atoms with Crippen molar-refractivity contribution in [1.29, 1.82) is 0 Å². The fourth-order valence-electron chi connectivity index (χ4n) is 2.68. The number of hydrogen-bond acceptors (Lipinski definition) is 4. The highest BCUT2D eigenvalue weighted by Crippen LogP contribution is 2.39. The maximum Gasteiger partial charge on any atom is 0.261 e. The zero-order valence-corrected chi connectivity index (χ0v) is 12.9. The Morgan fingerprint density at radius 1 is 1.65 bits per heavy atom. The number of thiophene rings is 1. The zero-order chi connectivity index (χ0) is 14.5. The Morgan fingerprint density at radius 2 is 2.35 bits per heavy atom. The molecule has 2 aromatic heterocycles. The largest absolute Gasteiger partial charge is 0.345 e. The molecule has 3 rings (SSSR count). The molecule has 2 heterocycles. The van der Waals surface area contributed by atoms with E-state index in [1.165, 1.54) is 11.3 Å². The highest BCUT2D eigenvalue weighted by molar-refractivity contribution is 7.20. The number of nitrogens with one attached hydrogen (secondary N) is 1. The summed E-state index contributed by atoms with van der Waals surface area (Å²) < 4.78 is 1.83. The Morgan fingerprint density at radius 3 is 2.90 bits per heavy atom. The van der Waals surface area contributed by atoms with Gasteiger partial charge in [0.15, 0.2) is 0 Å². The lowest BCUT2D eigenvalue weighted by Gasteiger charge is -2.29. The number of aromatic nitrogens is 2. The van der Waals surface area contributed by atoms with Crippen molar-refractivity contribution in [2.24, 2.45) is 18.7 Å². The van der Waals surface area contributed by atoms with Crippen LogP contribution in [0.2, 0.25) is 0 Å². The van der Waals surface area contributed by atoms with Gasteiger partial charge in [0.1, 0.15) is 4.83 Å². The number of fused-ring (bicyclic) bond motifs is 1. The van der Waals surface area contributed by atoms with Gasteiger partial charge in [-0.25, -0.2) is 0 Å². The highest BCUT2D eigenvalue weighted by atomic mass is 32.1. The number of nitrogens with zero attached hydrogens (tertiary/aromatic N) is 2. The van der Waals surface area contributed by atoms with E-state index < -0.39 is 0 Å². The number of carbonyl (C=O) groups excluding carboxylic acids is 1. The minimum atomic E-state index is -0.277. The van der Waals surface area contributed by atoms with E-state index in [2.05, 4.69) is 10.4 Å². The molecule has 108 valence electrons. The predicted molar refractivity (Wildman–Crippen MR) is 81.0 cm³/mol. The molecule has 1 unspecified atom stereocenters. The van der Waals surface area contributed by atoms with Crippen molar-refractivity contribution >= 4 is 27.5 Å². The molecule has 0 bridgehead atoms. The highest BCUT2D eigenvalue weighted by Gasteiger charge is 2.41. The number of aryl methyl sites for hydroxylation is 2. The molecule has 0 spiro atoms. The summed E-state index contributed by atoms with van der Waals surface area (Å²) in [4.78, 5) is 14.2. The summed E-state index contributed by atoms with van der Waals surface area (Å²) in [5, 5.41) is 8.54. The molecule has 20 heavy (non-hydrogen) atoms. The quantitative estimate of drug-likeness (QED) is 0.902. The van der Waals surface area contributed by atoms with E-state index in [1.54, 1.807) is 0 Å². The van der Waals surface area contributed by atoms with Gasteiger partial charge in [0.2, 0.25) is 0 Å². The van der Waals surface area contributed by atoms with Gasteiger partial charge in [-0.3, -0.25) is 9.48 Å². The van der Waals surface area contributed by atoms with Crippen LogP contribution in [-0.4, -0.2) is 27.8 Å². The molecule has 1 fully saturated rings. The van der Waals surface area contributed by atoms with Gasteiger partial charge in [-0.05, 0) is 38.7 Å². The van der Waals surface area contributed by atoms with Gasteiger partial charge in [0, 0.05) is 19.0 Å². The molecule has 0 aromatic carbocycles. The van der Waals surface area contributed by atoms with Crippen LogP contribution in [0, 0.1) is 12.8 Å². The van der Waals surface area contributed by atoms with E-state index in [9.17, 15) is 4.79 Å². The van der Waals surface area contributed by atoms with Crippen molar-refractivity contribution in [2.75, 3.05) is 6.54 Å². The van der Waals surface area contributed by atoms with Crippen molar-refractivity contribution in [3.05, 3.63) is 16.6 Å². The number of hydrogen-bond donors (Lipinski definition) is 2. The van der Waals surface area contributed by atoms with Gasteiger partial charge >= 0.3 is 0 Å². The molecule has 0 aliphatic heterocycles. The normalized spacial score (nSPS) is 18.2. The van der Waals surface area contributed by atoms with E-state index >= 15 is 0 Å². The molecule has 1 amide bonds. The van der Waals surface area contributed by atoms with E-state index in [4.69, 9.17) is 5.73 Å². The lowest BCUT2D eigenvalue weighted by molar-refractivity contribution is 0.0902. The molecule has 2 aromatic rings. The summed E-state index contributed by atoms with van der Waals surface area (Å²) in [5.74, 6) is 0.500. The van der Waals surface area contributed by atoms with Crippen LogP contribution in [0.4, 0.5) is 0 Å². The summed E-state index contributed by atoms with van der Waals surface area (Å²) in [6.45, 7) is 4.49. The molecule has 3 N–H and O–H groups in total. The summed E-state index contributed by atoms with van der Waals surface area (Å²) in [6, 6.07) is 1.93. The van der Waals surface area contributed by atoms with Crippen LogP contribution in [0.3, 0.4) is 0 Å². The molecule has 1 saturated carbocycles.